The molecule has 2 aromatic carbocycles. The van der Waals surface area contributed by atoms with Crippen LogP contribution in [0, 0.1) is 0 Å². The lowest BCUT2D eigenvalue weighted by atomic mass is 10.2. The number of nitrogens with zero attached hydrogens (tertiary/aromatic N) is 2. The number of hydrogen-bond donors (Lipinski definition) is 2. The standard InChI is InChI=1S/C22H18Cl2N4O3/c23-17-2-1-3-18(19(17)24)31-16-6-4-14(5-7-16)10-27-21(30)22(8-9-22)28-20(29)15-11-25-13-26-12-15/h1-7,11-13H,8-10H2,(H,27,30)(H,28,29). The maximum absolute atomic E-state index is 12.6. The summed E-state index contributed by atoms with van der Waals surface area (Å²) in [7, 11) is 0. The summed E-state index contributed by atoms with van der Waals surface area (Å²) in [6.07, 6.45) is 5.35. The van der Waals surface area contributed by atoms with Crippen LogP contribution in [-0.2, 0) is 11.3 Å². The first-order valence-corrected chi connectivity index (χ1v) is 10.3. The summed E-state index contributed by atoms with van der Waals surface area (Å²) in [6, 6.07) is 12.4. The van der Waals surface area contributed by atoms with Gasteiger partial charge in [0.15, 0.2) is 0 Å². The average Bonchev–Trinajstić information content (AvgIpc) is 3.57. The fourth-order valence-electron chi connectivity index (χ4n) is 2.96. The predicted octanol–water partition coefficient (Wildman–Crippen LogP) is 4.15. The molecule has 0 atom stereocenters. The van der Waals surface area contributed by atoms with Gasteiger partial charge in [-0.05, 0) is 42.7 Å². The fraction of sp³-hybridized carbons (Fsp3) is 0.182. The van der Waals surface area contributed by atoms with E-state index in [0.29, 0.717) is 46.5 Å². The molecule has 4 rings (SSSR count). The van der Waals surface area contributed by atoms with Crippen molar-refractivity contribution in [3.8, 4) is 11.5 Å². The van der Waals surface area contributed by atoms with Gasteiger partial charge in [0.05, 0.1) is 10.6 Å². The Bertz CT molecular complexity index is 1100. The number of halogens is 2. The van der Waals surface area contributed by atoms with E-state index in [2.05, 4.69) is 20.6 Å². The molecule has 0 unspecified atom stereocenters. The van der Waals surface area contributed by atoms with E-state index in [1.54, 1.807) is 30.3 Å². The van der Waals surface area contributed by atoms with E-state index in [-0.39, 0.29) is 11.8 Å². The number of hydrogen-bond acceptors (Lipinski definition) is 5. The molecule has 0 aliphatic heterocycles. The van der Waals surface area contributed by atoms with E-state index in [4.69, 9.17) is 27.9 Å². The van der Waals surface area contributed by atoms with Crippen LogP contribution in [0.3, 0.4) is 0 Å². The number of rotatable bonds is 7. The zero-order valence-corrected chi connectivity index (χ0v) is 17.8. The molecule has 7 nitrogen and oxygen atoms in total. The zero-order chi connectivity index (χ0) is 21.8. The normalized spacial score (nSPS) is 13.9. The van der Waals surface area contributed by atoms with Gasteiger partial charge in [0.25, 0.3) is 5.91 Å². The molecule has 2 N–H and O–H groups in total. The van der Waals surface area contributed by atoms with Crippen LogP contribution in [0.1, 0.15) is 28.8 Å². The minimum absolute atomic E-state index is 0.219. The molecular formula is C22H18Cl2N4O3. The molecule has 0 saturated heterocycles. The van der Waals surface area contributed by atoms with E-state index >= 15 is 0 Å². The van der Waals surface area contributed by atoms with Crippen LogP contribution in [0.4, 0.5) is 0 Å². The summed E-state index contributed by atoms with van der Waals surface area (Å²) < 4.78 is 5.76. The Labute approximate surface area is 188 Å². The number of carbonyl (C=O) groups is 2. The molecule has 1 aliphatic rings. The Balaban J connectivity index is 1.32. The van der Waals surface area contributed by atoms with Crippen LogP contribution in [0.15, 0.2) is 61.2 Å². The maximum Gasteiger partial charge on any atom is 0.255 e. The smallest absolute Gasteiger partial charge is 0.255 e. The fourth-order valence-corrected chi connectivity index (χ4v) is 3.29. The lowest BCUT2D eigenvalue weighted by molar-refractivity contribution is -0.124. The van der Waals surface area contributed by atoms with E-state index in [0.717, 1.165) is 5.56 Å². The SMILES string of the molecule is O=C(NC1(C(=O)NCc2ccc(Oc3cccc(Cl)c3Cl)cc2)CC1)c1cncnc1. The van der Waals surface area contributed by atoms with Crippen molar-refractivity contribution in [3.05, 3.63) is 82.4 Å². The summed E-state index contributed by atoms with van der Waals surface area (Å²) in [6.45, 7) is 0.323. The zero-order valence-electron chi connectivity index (χ0n) is 16.3. The first-order chi connectivity index (χ1) is 15.0. The van der Waals surface area contributed by atoms with Crippen LogP contribution in [0.5, 0.6) is 11.5 Å². The van der Waals surface area contributed by atoms with Gasteiger partial charge in [-0.25, -0.2) is 9.97 Å². The van der Waals surface area contributed by atoms with Crippen molar-refractivity contribution < 1.29 is 14.3 Å². The second-order valence-corrected chi connectivity index (χ2v) is 7.93. The predicted molar refractivity (Wildman–Crippen MR) is 116 cm³/mol. The van der Waals surface area contributed by atoms with Gasteiger partial charge in [-0.1, -0.05) is 41.4 Å². The molecule has 31 heavy (non-hydrogen) atoms. The highest BCUT2D eigenvalue weighted by atomic mass is 35.5. The Morgan fingerprint density at radius 3 is 2.42 bits per heavy atom. The summed E-state index contributed by atoms with van der Waals surface area (Å²) >= 11 is 12.1. The third-order valence-electron chi connectivity index (χ3n) is 4.88. The third-order valence-corrected chi connectivity index (χ3v) is 5.68. The van der Waals surface area contributed by atoms with Crippen molar-refractivity contribution in [2.24, 2.45) is 0 Å². The average molecular weight is 457 g/mol. The highest BCUT2D eigenvalue weighted by molar-refractivity contribution is 6.42. The molecular weight excluding hydrogens is 439 g/mol. The van der Waals surface area contributed by atoms with E-state index in [1.165, 1.54) is 18.7 Å². The number of benzene rings is 2. The minimum Gasteiger partial charge on any atom is -0.456 e. The maximum atomic E-state index is 12.6. The van der Waals surface area contributed by atoms with Gasteiger partial charge < -0.3 is 15.4 Å². The largest absolute Gasteiger partial charge is 0.456 e. The second-order valence-electron chi connectivity index (χ2n) is 7.14. The van der Waals surface area contributed by atoms with Gasteiger partial charge in [0.1, 0.15) is 28.4 Å². The van der Waals surface area contributed by atoms with E-state index in [1.807, 2.05) is 12.1 Å². The molecule has 0 radical (unpaired) electrons. The molecule has 3 aromatic rings. The molecule has 1 heterocycles. The highest BCUT2D eigenvalue weighted by Gasteiger charge is 2.51. The van der Waals surface area contributed by atoms with Crippen LogP contribution >= 0.6 is 23.2 Å². The molecule has 1 aromatic heterocycles. The molecule has 9 heteroatoms. The van der Waals surface area contributed by atoms with E-state index < -0.39 is 5.54 Å². The molecule has 0 bridgehead atoms. The van der Waals surface area contributed by atoms with Crippen LogP contribution in [-0.4, -0.2) is 27.3 Å². The topological polar surface area (TPSA) is 93.2 Å². The van der Waals surface area contributed by atoms with E-state index in [9.17, 15) is 9.59 Å². The highest BCUT2D eigenvalue weighted by Crippen LogP contribution is 2.36. The lowest BCUT2D eigenvalue weighted by Gasteiger charge is -2.17. The molecule has 0 spiro atoms. The lowest BCUT2D eigenvalue weighted by Crippen LogP contribution is -2.48. The van der Waals surface area contributed by atoms with Gasteiger partial charge in [-0.3, -0.25) is 9.59 Å². The Kier molecular flexibility index (Phi) is 6.06. The Hall–Kier alpha value is -3.16. The third kappa shape index (κ3) is 4.95. The van der Waals surface area contributed by atoms with Crippen molar-refractivity contribution in [3.63, 3.8) is 0 Å². The molecule has 1 aliphatic carbocycles. The Morgan fingerprint density at radius 2 is 1.74 bits per heavy atom. The van der Waals surface area contributed by atoms with Crippen LogP contribution < -0.4 is 15.4 Å². The quantitative estimate of drug-likeness (QED) is 0.556. The van der Waals surface area contributed by atoms with Gasteiger partial charge in [0, 0.05) is 18.9 Å². The summed E-state index contributed by atoms with van der Waals surface area (Å²) in [5.41, 5.74) is 0.327. The van der Waals surface area contributed by atoms with Gasteiger partial charge >= 0.3 is 0 Å². The van der Waals surface area contributed by atoms with Gasteiger partial charge in [-0.15, -0.1) is 0 Å². The van der Waals surface area contributed by atoms with Gasteiger partial charge in [0.2, 0.25) is 5.91 Å². The van der Waals surface area contributed by atoms with Crippen molar-refractivity contribution >= 4 is 35.0 Å². The number of carbonyl (C=O) groups excluding carboxylic acids is 2. The monoisotopic (exact) mass is 456 g/mol. The van der Waals surface area contributed by atoms with Crippen LogP contribution in [0.2, 0.25) is 10.0 Å². The molecule has 1 fully saturated rings. The summed E-state index contributed by atoms with van der Waals surface area (Å²) in [4.78, 5) is 32.6. The first kappa shape index (κ1) is 21.1. The van der Waals surface area contributed by atoms with Crippen molar-refractivity contribution in [2.45, 2.75) is 24.9 Å². The number of aromatic nitrogens is 2. The number of amides is 2. The molecule has 158 valence electrons. The summed E-state index contributed by atoms with van der Waals surface area (Å²) in [5.74, 6) is 0.471. The summed E-state index contributed by atoms with van der Waals surface area (Å²) in [5, 5.41) is 6.43. The van der Waals surface area contributed by atoms with Crippen LogP contribution in [0.25, 0.3) is 0 Å². The number of ether oxygens (including phenoxy) is 1. The van der Waals surface area contributed by atoms with Gasteiger partial charge in [-0.2, -0.15) is 0 Å². The second kappa shape index (κ2) is 8.91. The molecule has 1 saturated carbocycles. The van der Waals surface area contributed by atoms with Crippen molar-refractivity contribution in [1.82, 2.24) is 20.6 Å². The van der Waals surface area contributed by atoms with Crippen molar-refractivity contribution in [1.29, 1.82) is 0 Å². The minimum atomic E-state index is -0.876. The van der Waals surface area contributed by atoms with Crippen molar-refractivity contribution in [2.75, 3.05) is 0 Å². The Morgan fingerprint density at radius 1 is 1.03 bits per heavy atom. The first-order valence-electron chi connectivity index (χ1n) is 9.53. The molecule has 2 amide bonds. The number of nitrogens with one attached hydrogen (secondary N) is 2.